The van der Waals surface area contributed by atoms with Gasteiger partial charge in [0.25, 0.3) is 11.8 Å². The van der Waals surface area contributed by atoms with Crippen LogP contribution in [-0.2, 0) is 45.4 Å². The minimum atomic E-state index is -0.956. The number of anilines is 1. The lowest BCUT2D eigenvalue weighted by molar-refractivity contribution is -0.141. The first kappa shape index (κ1) is 47.6. The van der Waals surface area contributed by atoms with Gasteiger partial charge >= 0.3 is 0 Å². The molecule has 2 aliphatic rings. The van der Waals surface area contributed by atoms with Crippen LogP contribution in [0.4, 0.5) is 14.5 Å². The van der Waals surface area contributed by atoms with Crippen LogP contribution in [0.5, 0.6) is 0 Å². The van der Waals surface area contributed by atoms with Gasteiger partial charge in [0.1, 0.15) is 24.7 Å². The number of nitrogens with one attached hydrogen (secondary N) is 2. The fraction of sp³-hybridized carbons (Fsp3) is 0.289. The van der Waals surface area contributed by atoms with Gasteiger partial charge in [-0.15, -0.1) is 0 Å². The largest absolute Gasteiger partial charge is 0.399 e. The first-order valence-corrected chi connectivity index (χ1v) is 22.3. The number of carbonyl (C=O) groups excluding carboxylic acids is 6. The van der Waals surface area contributed by atoms with Gasteiger partial charge in [-0.1, -0.05) is 46.9 Å². The number of primary amides is 2. The van der Waals surface area contributed by atoms with E-state index in [0.29, 0.717) is 42.3 Å². The summed E-state index contributed by atoms with van der Waals surface area (Å²) in [5.41, 5.74) is 24.6. The maximum Gasteiger partial charge on any atom is 0.269 e. The number of hydrogen-bond donors (Lipinski definition) is 6. The first-order chi connectivity index (χ1) is 32.4. The van der Waals surface area contributed by atoms with Crippen molar-refractivity contribution in [1.29, 1.82) is 0 Å². The van der Waals surface area contributed by atoms with Crippen LogP contribution >= 0.6 is 34.8 Å². The molecule has 18 nitrogen and oxygen atoms in total. The Bertz CT molecular complexity index is 3060. The molecule has 10 N–H and O–H groups in total. The van der Waals surface area contributed by atoms with Crippen molar-refractivity contribution >= 4 is 97.7 Å². The highest BCUT2D eigenvalue weighted by molar-refractivity contribution is 6.33. The van der Waals surface area contributed by atoms with E-state index >= 15 is 4.39 Å². The molecule has 0 radical (unpaired) electrons. The molecule has 0 saturated heterocycles. The third-order valence-electron chi connectivity index (χ3n) is 11.9. The van der Waals surface area contributed by atoms with Gasteiger partial charge in [0.15, 0.2) is 11.4 Å². The number of amides is 6. The molecule has 68 heavy (non-hydrogen) atoms. The van der Waals surface area contributed by atoms with Crippen molar-refractivity contribution < 1.29 is 37.5 Å². The van der Waals surface area contributed by atoms with Crippen molar-refractivity contribution in [2.75, 3.05) is 18.8 Å². The highest BCUT2D eigenvalue weighted by Gasteiger charge is 2.37. The number of benzene rings is 4. The summed E-state index contributed by atoms with van der Waals surface area (Å²) in [6.45, 7) is -2.11. The quantitative estimate of drug-likeness (QED) is 0.0715. The Hall–Kier alpha value is -6.87. The average Bonchev–Trinajstić information content (AvgIpc) is 3.97. The lowest BCUT2D eigenvalue weighted by atomic mass is 9.86. The normalized spacial score (nSPS) is 15.5. The zero-order valence-electron chi connectivity index (χ0n) is 35.9. The van der Waals surface area contributed by atoms with Gasteiger partial charge in [-0.3, -0.25) is 38.1 Å². The van der Waals surface area contributed by atoms with Crippen molar-refractivity contribution in [3.8, 4) is 11.1 Å². The second kappa shape index (κ2) is 19.4. The van der Waals surface area contributed by atoms with Gasteiger partial charge in [0, 0.05) is 63.8 Å². The maximum atomic E-state index is 15.8. The number of fused-ring (bicyclic) bond motifs is 2. The summed E-state index contributed by atoms with van der Waals surface area (Å²) in [5.74, 6) is -5.50. The molecule has 2 aliphatic carbocycles. The Labute approximate surface area is 400 Å². The Morgan fingerprint density at radius 1 is 0.706 bits per heavy atom. The molecule has 2 heterocycles. The maximum absolute atomic E-state index is 15.8. The highest BCUT2D eigenvalue weighted by atomic mass is 35.5. The molecule has 0 bridgehead atoms. The number of nitrogens with zero attached hydrogens (tertiary/aromatic N) is 6. The van der Waals surface area contributed by atoms with E-state index in [9.17, 15) is 33.2 Å². The molecule has 8 rings (SSSR count). The molecular weight excluding hydrogens is 949 g/mol. The molecular formula is C45H43Cl3F2N12O6. The Balaban J connectivity index is 1.00. The zero-order chi connectivity index (χ0) is 48.7. The number of carbonyl (C=O) groups is 6. The topological polar surface area (TPSA) is 273 Å². The van der Waals surface area contributed by atoms with Crippen LogP contribution in [0.1, 0.15) is 57.8 Å². The van der Waals surface area contributed by atoms with Gasteiger partial charge in [-0.25, -0.2) is 8.78 Å². The summed E-state index contributed by atoms with van der Waals surface area (Å²) in [6.07, 6.45) is 2.13. The molecule has 2 saturated carbocycles. The summed E-state index contributed by atoms with van der Waals surface area (Å²) < 4.78 is 32.7. The van der Waals surface area contributed by atoms with E-state index in [2.05, 4.69) is 20.8 Å². The third kappa shape index (κ3) is 10.0. The summed E-state index contributed by atoms with van der Waals surface area (Å²) in [7, 11) is 0. The lowest BCUT2D eigenvalue weighted by Crippen LogP contribution is -2.55. The number of nitrogen functional groups attached to an aromatic ring is 1. The molecule has 354 valence electrons. The van der Waals surface area contributed by atoms with E-state index < -0.39 is 66.7 Å². The van der Waals surface area contributed by atoms with E-state index in [1.807, 2.05) is 0 Å². The van der Waals surface area contributed by atoms with Crippen molar-refractivity contribution in [2.45, 2.75) is 70.0 Å². The van der Waals surface area contributed by atoms with Crippen molar-refractivity contribution in [2.24, 2.45) is 17.2 Å². The molecule has 2 fully saturated rings. The van der Waals surface area contributed by atoms with E-state index in [-0.39, 0.29) is 97.4 Å². The summed E-state index contributed by atoms with van der Waals surface area (Å²) in [4.78, 5) is 82.1. The number of hydrogen-bond acceptors (Lipinski definition) is 10. The minimum Gasteiger partial charge on any atom is -0.399 e. The third-order valence-corrected chi connectivity index (χ3v) is 12.7. The average molecular weight is 992 g/mol. The van der Waals surface area contributed by atoms with Crippen molar-refractivity contribution in [3.05, 3.63) is 110 Å². The Morgan fingerprint density at radius 3 is 1.91 bits per heavy atom. The molecule has 2 aromatic heterocycles. The fourth-order valence-electron chi connectivity index (χ4n) is 8.26. The molecule has 23 heteroatoms. The second-order valence-electron chi connectivity index (χ2n) is 16.7. The SMILES string of the molecule is NC(=O)c1nn(CC(=O)N(CC(=O)NCc2cc(-c3cc(Cl)cc4c3c(C(N)=O)nn4CC(=O)N(CC(=O)NCc3cccc(Cl)c3F)C3CC3)cc(Cl)c2F)[C@H]2C[C@H](N)C2)c2ccc(N)cc12. The molecule has 6 aromatic rings. The van der Waals surface area contributed by atoms with Gasteiger partial charge in [-0.05, 0) is 85.3 Å². The molecule has 4 aromatic carbocycles. The van der Waals surface area contributed by atoms with Gasteiger partial charge in [0.2, 0.25) is 23.6 Å². The highest BCUT2D eigenvalue weighted by Crippen LogP contribution is 2.38. The van der Waals surface area contributed by atoms with E-state index in [0.717, 1.165) is 0 Å². The number of halogens is 5. The molecule has 0 aliphatic heterocycles. The van der Waals surface area contributed by atoms with E-state index in [1.165, 1.54) is 61.6 Å². The van der Waals surface area contributed by atoms with Crippen LogP contribution in [0.2, 0.25) is 15.1 Å². The Morgan fingerprint density at radius 2 is 1.29 bits per heavy atom. The van der Waals surface area contributed by atoms with Crippen molar-refractivity contribution in [3.63, 3.8) is 0 Å². The van der Waals surface area contributed by atoms with Crippen LogP contribution in [-0.4, -0.2) is 96.0 Å². The van der Waals surface area contributed by atoms with Crippen LogP contribution in [0.25, 0.3) is 32.9 Å². The van der Waals surface area contributed by atoms with E-state index in [4.69, 9.17) is 57.7 Å². The van der Waals surface area contributed by atoms with Crippen LogP contribution < -0.4 is 33.6 Å². The predicted molar refractivity (Wildman–Crippen MR) is 249 cm³/mol. The number of rotatable bonds is 17. The second-order valence-corrected chi connectivity index (χ2v) is 18.0. The molecule has 6 amide bonds. The summed E-state index contributed by atoms with van der Waals surface area (Å²) >= 11 is 18.9. The van der Waals surface area contributed by atoms with Gasteiger partial charge < -0.3 is 43.4 Å². The van der Waals surface area contributed by atoms with Crippen LogP contribution in [0.3, 0.4) is 0 Å². The summed E-state index contributed by atoms with van der Waals surface area (Å²) in [6, 6.07) is 13.9. The Kier molecular flexibility index (Phi) is 13.6. The molecule has 0 unspecified atom stereocenters. The predicted octanol–water partition coefficient (Wildman–Crippen LogP) is 4.01. The minimum absolute atomic E-state index is 0.0709. The van der Waals surface area contributed by atoms with Crippen molar-refractivity contribution in [1.82, 2.24) is 40.0 Å². The van der Waals surface area contributed by atoms with E-state index in [1.54, 1.807) is 18.2 Å². The zero-order valence-corrected chi connectivity index (χ0v) is 38.2. The first-order valence-electron chi connectivity index (χ1n) is 21.2. The lowest BCUT2D eigenvalue weighted by Gasteiger charge is -2.41. The molecule has 0 atom stereocenters. The monoisotopic (exact) mass is 990 g/mol. The van der Waals surface area contributed by atoms with Gasteiger partial charge in [-0.2, -0.15) is 10.2 Å². The fourth-order valence-corrected chi connectivity index (χ4v) is 8.91. The van der Waals surface area contributed by atoms with Crippen LogP contribution in [0, 0.1) is 11.6 Å². The van der Waals surface area contributed by atoms with Crippen LogP contribution in [0.15, 0.2) is 60.7 Å². The number of nitrogens with two attached hydrogens (primary N) is 4. The molecule has 0 spiro atoms. The smallest absolute Gasteiger partial charge is 0.269 e. The standard InChI is InChI=1S/C45H43Cl3F2N12O6/c46-24-10-29(39-34(11-24)62(58-43(39)45(54)68)20-37(65)59(27-5-6-27)17-35(63)55-15-21-2-1-3-31(47)40(21)49)22-8-23(41(50)32(48)9-22)16-56-36(64)18-60(28-12-26(52)13-28)38(66)19-61-33-7-4-25(51)14-30(33)42(57-61)44(53)67/h1-4,7-11,14,26-28H,5-6,12-13,15-20,51-52H2,(H2,53,67)(H2,54,68)(H,55,63)(H,56,64)/t26-,28-. The summed E-state index contributed by atoms with van der Waals surface area (Å²) in [5, 5.41) is 14.1. The van der Waals surface area contributed by atoms with Gasteiger partial charge in [0.05, 0.1) is 34.2 Å². The number of aromatic nitrogens is 4.